The molecule has 2 rings (SSSR count). The van der Waals surface area contributed by atoms with Gasteiger partial charge in [0, 0.05) is 13.0 Å². The van der Waals surface area contributed by atoms with Gasteiger partial charge in [-0.15, -0.1) is 0 Å². The highest BCUT2D eigenvalue weighted by atomic mass is 79.9. The van der Waals surface area contributed by atoms with E-state index in [0.717, 1.165) is 30.9 Å². The first-order valence-corrected chi connectivity index (χ1v) is 6.41. The van der Waals surface area contributed by atoms with Crippen LogP contribution in [0.5, 0.6) is 0 Å². The van der Waals surface area contributed by atoms with Gasteiger partial charge in [-0.25, -0.2) is 4.98 Å². The van der Waals surface area contributed by atoms with Gasteiger partial charge >= 0.3 is 5.97 Å². The van der Waals surface area contributed by atoms with Gasteiger partial charge in [0.05, 0.1) is 25.3 Å². The van der Waals surface area contributed by atoms with Gasteiger partial charge in [-0.2, -0.15) is 0 Å². The lowest BCUT2D eigenvalue weighted by molar-refractivity contribution is -0.143. The van der Waals surface area contributed by atoms with Crippen molar-refractivity contribution in [2.24, 2.45) is 0 Å². The molecule has 0 aliphatic carbocycles. The predicted molar refractivity (Wildman–Crippen MR) is 64.7 cm³/mol. The molecule has 1 aliphatic rings. The van der Waals surface area contributed by atoms with Crippen LogP contribution in [0.25, 0.3) is 0 Å². The van der Waals surface area contributed by atoms with Crippen LogP contribution in [-0.4, -0.2) is 34.3 Å². The van der Waals surface area contributed by atoms with E-state index >= 15 is 0 Å². The number of halogens is 1. The Hall–Kier alpha value is -0.880. The number of carbonyl (C=O) groups is 1. The molecule has 0 bridgehead atoms. The summed E-state index contributed by atoms with van der Waals surface area (Å²) in [6, 6.07) is 0. The maximum absolute atomic E-state index is 11.7. The first-order valence-electron chi connectivity index (χ1n) is 5.62. The Bertz CT molecular complexity index is 431. The first-order chi connectivity index (χ1) is 8.19. The number of methoxy groups -OCH3 is 1. The fourth-order valence-corrected chi connectivity index (χ4v) is 3.01. The van der Waals surface area contributed by atoms with Crippen LogP contribution in [0.4, 0.5) is 0 Å². The Labute approximate surface area is 108 Å². The van der Waals surface area contributed by atoms with Crippen molar-refractivity contribution in [2.45, 2.75) is 31.7 Å². The fourth-order valence-electron chi connectivity index (χ4n) is 2.32. The zero-order valence-corrected chi connectivity index (χ0v) is 11.2. The Kier molecular flexibility index (Phi) is 3.83. The van der Waals surface area contributed by atoms with Gasteiger partial charge in [0.15, 0.2) is 0 Å². The summed E-state index contributed by atoms with van der Waals surface area (Å²) in [5.41, 5.74) is 0.881. The molecule has 1 aromatic heterocycles. The van der Waals surface area contributed by atoms with Crippen molar-refractivity contribution in [3.05, 3.63) is 16.1 Å². The molecule has 1 atom stereocenters. The van der Waals surface area contributed by atoms with Crippen molar-refractivity contribution in [1.29, 1.82) is 0 Å². The highest BCUT2D eigenvalue weighted by Crippen LogP contribution is 2.34. The van der Waals surface area contributed by atoms with Crippen LogP contribution in [0.1, 0.15) is 30.3 Å². The van der Waals surface area contributed by atoms with Gasteiger partial charge in [-0.1, -0.05) is 0 Å². The van der Waals surface area contributed by atoms with Crippen LogP contribution in [0.15, 0.2) is 4.60 Å². The lowest BCUT2D eigenvalue weighted by Gasteiger charge is -2.23. The van der Waals surface area contributed by atoms with E-state index in [9.17, 15) is 4.79 Å². The van der Waals surface area contributed by atoms with E-state index in [-0.39, 0.29) is 18.5 Å². The van der Waals surface area contributed by atoms with Gasteiger partial charge in [-0.05, 0) is 28.8 Å². The molecule has 1 unspecified atom stereocenters. The summed E-state index contributed by atoms with van der Waals surface area (Å²) in [5.74, 6) is 0.355. The Morgan fingerprint density at radius 1 is 1.71 bits per heavy atom. The number of fused-ring (bicyclic) bond motifs is 1. The number of aromatic nitrogens is 2. The molecule has 0 aromatic carbocycles. The van der Waals surface area contributed by atoms with E-state index in [0.29, 0.717) is 11.0 Å². The van der Waals surface area contributed by atoms with Crippen molar-refractivity contribution >= 4 is 21.9 Å². The molecule has 2 heterocycles. The van der Waals surface area contributed by atoms with Crippen LogP contribution in [0.3, 0.4) is 0 Å². The smallest absolute Gasteiger partial charge is 0.314 e. The minimum Gasteiger partial charge on any atom is -0.469 e. The van der Waals surface area contributed by atoms with Gasteiger partial charge in [0.2, 0.25) is 0 Å². The monoisotopic (exact) mass is 302 g/mol. The third-order valence-corrected chi connectivity index (χ3v) is 3.65. The van der Waals surface area contributed by atoms with Gasteiger partial charge < -0.3 is 14.4 Å². The number of esters is 1. The molecule has 0 fully saturated rings. The van der Waals surface area contributed by atoms with Gasteiger partial charge in [0.1, 0.15) is 10.4 Å². The number of ether oxygens (including phenoxy) is 1. The molecule has 0 saturated heterocycles. The molecule has 6 heteroatoms. The van der Waals surface area contributed by atoms with Gasteiger partial charge in [0.25, 0.3) is 0 Å². The largest absolute Gasteiger partial charge is 0.469 e. The van der Waals surface area contributed by atoms with E-state index in [4.69, 9.17) is 9.84 Å². The summed E-state index contributed by atoms with van der Waals surface area (Å²) >= 11 is 3.39. The molecule has 1 aliphatic heterocycles. The normalized spacial score (nSPS) is 18.9. The van der Waals surface area contributed by atoms with Crippen molar-refractivity contribution in [1.82, 2.24) is 9.55 Å². The molecule has 17 heavy (non-hydrogen) atoms. The Balaban J connectivity index is 2.40. The van der Waals surface area contributed by atoms with Crippen LogP contribution >= 0.6 is 15.9 Å². The Morgan fingerprint density at radius 3 is 3.12 bits per heavy atom. The molecule has 94 valence electrons. The van der Waals surface area contributed by atoms with Crippen LogP contribution in [0.2, 0.25) is 0 Å². The van der Waals surface area contributed by atoms with Crippen molar-refractivity contribution in [2.75, 3.05) is 13.7 Å². The maximum Gasteiger partial charge on any atom is 0.314 e. The number of nitrogens with zero attached hydrogens (tertiary/aromatic N) is 2. The second kappa shape index (κ2) is 5.18. The molecular formula is C11H15BrN2O3. The third kappa shape index (κ3) is 2.24. The molecule has 0 radical (unpaired) electrons. The molecule has 0 saturated carbocycles. The molecule has 5 nitrogen and oxygen atoms in total. The van der Waals surface area contributed by atoms with E-state index in [1.165, 1.54) is 7.11 Å². The standard InChI is InChI=1S/C11H15BrN2O3/c1-17-11(16)7-3-2-5-14-8(4-6-15)13-10(12)9(7)14/h7,15H,2-6H2,1H3. The number of hydrogen-bond acceptors (Lipinski definition) is 4. The number of aliphatic hydroxyl groups excluding tert-OH is 1. The van der Waals surface area contributed by atoms with Crippen molar-refractivity contribution in [3.8, 4) is 0 Å². The summed E-state index contributed by atoms with van der Waals surface area (Å²) in [5, 5.41) is 8.99. The summed E-state index contributed by atoms with van der Waals surface area (Å²) in [7, 11) is 1.40. The van der Waals surface area contributed by atoms with Gasteiger partial charge in [-0.3, -0.25) is 4.79 Å². The van der Waals surface area contributed by atoms with Crippen LogP contribution < -0.4 is 0 Å². The second-order valence-corrected chi connectivity index (χ2v) is 4.80. The minimum atomic E-state index is -0.247. The van der Waals surface area contributed by atoms with Crippen LogP contribution in [-0.2, 0) is 22.5 Å². The zero-order chi connectivity index (χ0) is 12.4. The van der Waals surface area contributed by atoms with E-state index in [1.54, 1.807) is 0 Å². The topological polar surface area (TPSA) is 64.3 Å². The van der Waals surface area contributed by atoms with E-state index < -0.39 is 0 Å². The van der Waals surface area contributed by atoms with Crippen LogP contribution in [0, 0.1) is 0 Å². The molecule has 0 spiro atoms. The number of hydrogen-bond donors (Lipinski definition) is 1. The lowest BCUT2D eigenvalue weighted by Crippen LogP contribution is -2.24. The van der Waals surface area contributed by atoms with E-state index in [1.807, 2.05) is 4.57 Å². The molecular weight excluding hydrogens is 288 g/mol. The number of imidazole rings is 1. The number of rotatable bonds is 3. The minimum absolute atomic E-state index is 0.0613. The summed E-state index contributed by atoms with van der Waals surface area (Å²) in [4.78, 5) is 16.1. The first kappa shape index (κ1) is 12.6. The van der Waals surface area contributed by atoms with E-state index in [2.05, 4.69) is 20.9 Å². The lowest BCUT2D eigenvalue weighted by atomic mass is 9.96. The predicted octanol–water partition coefficient (Wildman–Crippen LogP) is 1.23. The Morgan fingerprint density at radius 2 is 2.47 bits per heavy atom. The summed E-state index contributed by atoms with van der Waals surface area (Å²) in [6.45, 7) is 0.905. The molecule has 1 aromatic rings. The van der Waals surface area contributed by atoms with Crippen molar-refractivity contribution in [3.63, 3.8) is 0 Å². The number of carbonyl (C=O) groups excluding carboxylic acids is 1. The highest BCUT2D eigenvalue weighted by Gasteiger charge is 2.32. The van der Waals surface area contributed by atoms with Crippen molar-refractivity contribution < 1.29 is 14.6 Å². The third-order valence-electron chi connectivity index (χ3n) is 3.07. The highest BCUT2D eigenvalue weighted by molar-refractivity contribution is 9.10. The average Bonchev–Trinajstić information content (AvgIpc) is 2.66. The summed E-state index contributed by atoms with van der Waals surface area (Å²) in [6.07, 6.45) is 2.22. The maximum atomic E-state index is 11.7. The second-order valence-electron chi connectivity index (χ2n) is 4.05. The molecule has 0 amide bonds. The molecule has 1 N–H and O–H groups in total. The quantitative estimate of drug-likeness (QED) is 0.853. The number of aliphatic hydroxyl groups is 1. The average molecular weight is 303 g/mol. The summed E-state index contributed by atoms with van der Waals surface area (Å²) < 4.78 is 7.53. The zero-order valence-electron chi connectivity index (χ0n) is 9.65. The fraction of sp³-hybridized carbons (Fsp3) is 0.636. The SMILES string of the molecule is COC(=O)C1CCCn2c(CCO)nc(Br)c21.